The Morgan fingerprint density at radius 3 is 2.60 bits per heavy atom. The van der Waals surface area contributed by atoms with Gasteiger partial charge in [-0.25, -0.2) is 0 Å². The molecular weight excluding hydrogens is 385 g/mol. The zero-order chi connectivity index (χ0) is 18.1. The second-order valence-corrected chi connectivity index (χ2v) is 6.71. The highest BCUT2D eigenvalue weighted by Gasteiger charge is 2.16. The number of hydrogen-bond donors (Lipinski definition) is 1. The van der Waals surface area contributed by atoms with E-state index in [2.05, 4.69) is 15.5 Å². The van der Waals surface area contributed by atoms with Crippen LogP contribution in [0.15, 0.2) is 30.6 Å². The molecule has 2 aromatic heterocycles. The molecule has 3 rings (SSSR count). The van der Waals surface area contributed by atoms with Gasteiger partial charge in [0.1, 0.15) is 5.02 Å². The normalized spacial score (nSPS) is 10.9. The summed E-state index contributed by atoms with van der Waals surface area (Å²) in [5.74, 6) is -0.0257. The molecule has 0 unspecified atom stereocenters. The monoisotopic (exact) mass is 397 g/mol. The molecule has 0 saturated heterocycles. The van der Waals surface area contributed by atoms with Gasteiger partial charge in [-0.3, -0.25) is 14.2 Å². The van der Waals surface area contributed by atoms with Gasteiger partial charge in [0.25, 0.3) is 5.91 Å². The molecule has 130 valence electrons. The zero-order valence-corrected chi connectivity index (χ0v) is 15.7. The molecule has 3 aromatic rings. The average molecular weight is 399 g/mol. The van der Waals surface area contributed by atoms with E-state index in [-0.39, 0.29) is 11.7 Å². The van der Waals surface area contributed by atoms with Crippen molar-refractivity contribution in [3.05, 3.63) is 62.5 Å². The van der Waals surface area contributed by atoms with E-state index in [1.165, 1.54) is 6.20 Å². The van der Waals surface area contributed by atoms with Gasteiger partial charge in [0.15, 0.2) is 5.82 Å². The van der Waals surface area contributed by atoms with Crippen LogP contribution < -0.4 is 5.32 Å². The van der Waals surface area contributed by atoms with Crippen LogP contribution in [0.5, 0.6) is 0 Å². The van der Waals surface area contributed by atoms with Crippen LogP contribution in [0.3, 0.4) is 0 Å². The summed E-state index contributed by atoms with van der Waals surface area (Å²) in [4.78, 5) is 12.3. The lowest BCUT2D eigenvalue weighted by molar-refractivity contribution is 0.102. The number of amides is 1. The number of hydrogen-bond acceptors (Lipinski definition) is 3. The third-order valence-corrected chi connectivity index (χ3v) is 4.77. The van der Waals surface area contributed by atoms with Crippen molar-refractivity contribution in [3.63, 3.8) is 0 Å². The third kappa shape index (κ3) is 3.81. The van der Waals surface area contributed by atoms with Crippen LogP contribution in [-0.2, 0) is 13.6 Å². The number of halogens is 3. The number of benzene rings is 1. The Bertz CT molecular complexity index is 947. The lowest BCUT2D eigenvalue weighted by Crippen LogP contribution is -2.14. The summed E-state index contributed by atoms with van der Waals surface area (Å²) in [5, 5.41) is 12.4. The van der Waals surface area contributed by atoms with Crippen molar-refractivity contribution in [2.75, 3.05) is 5.32 Å². The molecule has 1 amide bonds. The zero-order valence-electron chi connectivity index (χ0n) is 13.4. The van der Waals surface area contributed by atoms with Gasteiger partial charge >= 0.3 is 0 Å². The van der Waals surface area contributed by atoms with Crippen LogP contribution in [0.2, 0.25) is 15.1 Å². The quantitative estimate of drug-likeness (QED) is 0.717. The molecule has 1 aromatic carbocycles. The minimum absolute atomic E-state index is 0.287. The van der Waals surface area contributed by atoms with Gasteiger partial charge in [0, 0.05) is 18.9 Å². The molecule has 0 fully saturated rings. The minimum Gasteiger partial charge on any atom is -0.304 e. The van der Waals surface area contributed by atoms with Crippen molar-refractivity contribution in [2.45, 2.75) is 13.5 Å². The molecule has 6 nitrogen and oxygen atoms in total. The van der Waals surface area contributed by atoms with Gasteiger partial charge in [-0.2, -0.15) is 10.2 Å². The number of aryl methyl sites for hydroxylation is 1. The van der Waals surface area contributed by atoms with E-state index in [1.807, 2.05) is 13.0 Å². The van der Waals surface area contributed by atoms with Gasteiger partial charge in [-0.05, 0) is 24.6 Å². The molecule has 0 aliphatic rings. The van der Waals surface area contributed by atoms with Crippen LogP contribution >= 0.6 is 34.8 Å². The fourth-order valence-electron chi connectivity index (χ4n) is 2.28. The fraction of sp³-hybridized carbons (Fsp3) is 0.188. The van der Waals surface area contributed by atoms with Crippen LogP contribution in [0.25, 0.3) is 0 Å². The Balaban J connectivity index is 1.77. The maximum absolute atomic E-state index is 12.3. The van der Waals surface area contributed by atoms with Crippen molar-refractivity contribution in [1.29, 1.82) is 0 Å². The molecular formula is C16H14Cl3N5O. The summed E-state index contributed by atoms with van der Waals surface area (Å²) in [7, 11) is 1.77. The van der Waals surface area contributed by atoms with Crippen LogP contribution in [0.1, 0.15) is 21.6 Å². The molecule has 25 heavy (non-hydrogen) atoms. The third-order valence-electron chi connectivity index (χ3n) is 3.76. The number of rotatable bonds is 4. The van der Waals surface area contributed by atoms with Gasteiger partial charge in [-0.1, -0.05) is 40.9 Å². The van der Waals surface area contributed by atoms with E-state index in [1.54, 1.807) is 34.7 Å². The Labute approximate surface area is 159 Å². The second-order valence-electron chi connectivity index (χ2n) is 5.49. The lowest BCUT2D eigenvalue weighted by Gasteiger charge is -2.04. The average Bonchev–Trinajstić information content (AvgIpc) is 3.06. The predicted molar refractivity (Wildman–Crippen MR) is 98.7 cm³/mol. The summed E-state index contributed by atoms with van der Waals surface area (Å²) in [6.07, 6.45) is 3.14. The Kier molecular flexibility index (Phi) is 5.03. The van der Waals surface area contributed by atoms with Gasteiger partial charge in [-0.15, -0.1) is 0 Å². The second kappa shape index (κ2) is 7.07. The number of anilines is 1. The molecule has 0 saturated carbocycles. The highest BCUT2D eigenvalue weighted by molar-refractivity contribution is 6.42. The summed E-state index contributed by atoms with van der Waals surface area (Å²) in [6, 6.07) is 5.33. The molecule has 0 atom stereocenters. The molecule has 2 heterocycles. The van der Waals surface area contributed by atoms with Crippen LogP contribution in [0, 0.1) is 6.92 Å². The number of carbonyl (C=O) groups excluding carboxylic acids is 1. The van der Waals surface area contributed by atoms with Crippen molar-refractivity contribution >= 4 is 46.5 Å². The summed E-state index contributed by atoms with van der Waals surface area (Å²) >= 11 is 18.1. The van der Waals surface area contributed by atoms with Crippen molar-refractivity contribution in [2.24, 2.45) is 7.05 Å². The van der Waals surface area contributed by atoms with E-state index >= 15 is 0 Å². The van der Waals surface area contributed by atoms with Gasteiger partial charge < -0.3 is 5.32 Å². The van der Waals surface area contributed by atoms with Gasteiger partial charge in [0.05, 0.1) is 28.4 Å². The topological polar surface area (TPSA) is 64.7 Å². The largest absolute Gasteiger partial charge is 0.304 e. The summed E-state index contributed by atoms with van der Waals surface area (Å²) in [5.41, 5.74) is 2.14. The number of nitrogens with one attached hydrogen (secondary N) is 1. The van der Waals surface area contributed by atoms with E-state index in [0.717, 1.165) is 11.3 Å². The highest BCUT2D eigenvalue weighted by Crippen LogP contribution is 2.24. The Morgan fingerprint density at radius 1 is 1.20 bits per heavy atom. The SMILES string of the molecule is Cc1c(C(=O)Nc2nn(Cc3ccc(Cl)c(Cl)c3)cc2Cl)cnn1C. The molecule has 9 heteroatoms. The molecule has 0 aliphatic carbocycles. The molecule has 0 spiro atoms. The standard InChI is InChI=1S/C16H14Cl3N5O/c1-9-11(6-20-23(9)2)16(25)21-15-14(19)8-24(22-15)7-10-3-4-12(17)13(18)5-10/h3-6,8H,7H2,1-2H3,(H,21,22,25). The van der Waals surface area contributed by atoms with Crippen molar-refractivity contribution in [3.8, 4) is 0 Å². The van der Waals surface area contributed by atoms with E-state index in [0.29, 0.717) is 27.2 Å². The minimum atomic E-state index is -0.313. The first-order valence-corrected chi connectivity index (χ1v) is 8.45. The Hall–Kier alpha value is -2.02. The molecule has 0 aliphatic heterocycles. The Morgan fingerprint density at radius 2 is 1.96 bits per heavy atom. The number of aromatic nitrogens is 4. The number of carbonyl (C=O) groups is 1. The fourth-order valence-corrected chi connectivity index (χ4v) is 2.80. The summed E-state index contributed by atoms with van der Waals surface area (Å²) in [6.45, 7) is 2.25. The smallest absolute Gasteiger partial charge is 0.260 e. The maximum atomic E-state index is 12.3. The molecule has 0 bridgehead atoms. The lowest BCUT2D eigenvalue weighted by atomic mass is 10.2. The van der Waals surface area contributed by atoms with E-state index in [9.17, 15) is 4.79 Å². The molecule has 0 radical (unpaired) electrons. The first-order chi connectivity index (χ1) is 11.8. The highest BCUT2D eigenvalue weighted by atomic mass is 35.5. The van der Waals surface area contributed by atoms with Crippen molar-refractivity contribution in [1.82, 2.24) is 19.6 Å². The summed E-state index contributed by atoms with van der Waals surface area (Å²) < 4.78 is 3.24. The van der Waals surface area contributed by atoms with E-state index in [4.69, 9.17) is 34.8 Å². The maximum Gasteiger partial charge on any atom is 0.260 e. The van der Waals surface area contributed by atoms with E-state index < -0.39 is 0 Å². The first-order valence-electron chi connectivity index (χ1n) is 7.32. The predicted octanol–water partition coefficient (Wildman–Crippen LogP) is 4.19. The molecule has 1 N–H and O–H groups in total. The number of nitrogens with zero attached hydrogens (tertiary/aromatic N) is 4. The van der Waals surface area contributed by atoms with Crippen LogP contribution in [0.4, 0.5) is 5.82 Å². The van der Waals surface area contributed by atoms with Crippen molar-refractivity contribution < 1.29 is 4.79 Å². The first kappa shape index (κ1) is 17.8. The van der Waals surface area contributed by atoms with Crippen LogP contribution in [-0.4, -0.2) is 25.5 Å². The van der Waals surface area contributed by atoms with Gasteiger partial charge in [0.2, 0.25) is 0 Å².